The van der Waals surface area contributed by atoms with Crippen molar-refractivity contribution >= 4 is 12.0 Å². The maximum Gasteiger partial charge on any atom is 0.220 e. The van der Waals surface area contributed by atoms with Gasteiger partial charge in [-0.15, -0.1) is 0 Å². The largest absolute Gasteiger partial charge is 0.369 e. The fourth-order valence-corrected chi connectivity index (χ4v) is 2.77. The van der Waals surface area contributed by atoms with Crippen molar-refractivity contribution < 1.29 is 9.69 Å². The molecule has 0 radical (unpaired) electrons. The number of quaternary nitrogens is 1. The standard InChI is InChI=1S/C16H22N2O/c1-13(11-14-5-3-2-4-6-14)12-18-9-7-15(8-10-18)16(17)19/h2-6,11,15H,7-10,12H2,1H3,(H2,17,19)/p+1/b13-11+. The van der Waals surface area contributed by atoms with E-state index in [1.807, 2.05) is 6.07 Å². The minimum atomic E-state index is -0.129. The Balaban J connectivity index is 1.85. The summed E-state index contributed by atoms with van der Waals surface area (Å²) in [5.74, 6) is -0.0299. The Morgan fingerprint density at radius 1 is 1.32 bits per heavy atom. The Morgan fingerprint density at radius 3 is 2.53 bits per heavy atom. The molecular weight excluding hydrogens is 236 g/mol. The second kappa shape index (κ2) is 6.53. The van der Waals surface area contributed by atoms with E-state index in [9.17, 15) is 4.79 Å². The molecule has 0 saturated carbocycles. The van der Waals surface area contributed by atoms with Crippen LogP contribution in [0.2, 0.25) is 0 Å². The van der Waals surface area contributed by atoms with Crippen molar-refractivity contribution in [1.82, 2.24) is 0 Å². The van der Waals surface area contributed by atoms with Crippen molar-refractivity contribution in [3.63, 3.8) is 0 Å². The molecule has 0 aromatic heterocycles. The molecule has 1 aliphatic rings. The lowest BCUT2D eigenvalue weighted by Crippen LogP contribution is -3.13. The molecule has 1 heterocycles. The number of rotatable bonds is 4. The molecule has 1 amide bonds. The van der Waals surface area contributed by atoms with Crippen LogP contribution in [0.25, 0.3) is 6.08 Å². The average Bonchev–Trinajstić information content (AvgIpc) is 2.40. The van der Waals surface area contributed by atoms with Crippen LogP contribution >= 0.6 is 0 Å². The van der Waals surface area contributed by atoms with Crippen LogP contribution in [0.1, 0.15) is 25.3 Å². The molecule has 3 nitrogen and oxygen atoms in total. The van der Waals surface area contributed by atoms with Gasteiger partial charge < -0.3 is 10.6 Å². The van der Waals surface area contributed by atoms with E-state index in [0.29, 0.717) is 0 Å². The van der Waals surface area contributed by atoms with Crippen molar-refractivity contribution in [2.75, 3.05) is 19.6 Å². The lowest BCUT2D eigenvalue weighted by Gasteiger charge is -2.27. The molecule has 3 heteroatoms. The Bertz CT molecular complexity index is 445. The Kier molecular flexibility index (Phi) is 4.74. The van der Waals surface area contributed by atoms with E-state index in [-0.39, 0.29) is 11.8 Å². The summed E-state index contributed by atoms with van der Waals surface area (Å²) in [6.07, 6.45) is 4.11. The zero-order valence-corrected chi connectivity index (χ0v) is 11.6. The maximum absolute atomic E-state index is 11.1. The molecule has 1 aromatic rings. The summed E-state index contributed by atoms with van der Waals surface area (Å²) in [6, 6.07) is 10.4. The number of nitrogens with two attached hydrogens (primary N) is 1. The van der Waals surface area contributed by atoms with Gasteiger partial charge in [-0.1, -0.05) is 36.4 Å². The molecule has 1 fully saturated rings. The Morgan fingerprint density at radius 2 is 1.95 bits per heavy atom. The van der Waals surface area contributed by atoms with E-state index in [0.717, 1.165) is 32.5 Å². The van der Waals surface area contributed by atoms with Gasteiger partial charge in [-0.2, -0.15) is 0 Å². The molecule has 19 heavy (non-hydrogen) atoms. The van der Waals surface area contributed by atoms with Gasteiger partial charge >= 0.3 is 0 Å². The predicted octanol–water partition coefficient (Wildman–Crippen LogP) is 0.870. The molecule has 0 unspecified atom stereocenters. The van der Waals surface area contributed by atoms with Gasteiger partial charge in [0.05, 0.1) is 19.6 Å². The molecule has 0 aliphatic carbocycles. The van der Waals surface area contributed by atoms with Gasteiger partial charge in [-0.3, -0.25) is 4.79 Å². The quantitative estimate of drug-likeness (QED) is 0.828. The van der Waals surface area contributed by atoms with Crippen LogP contribution in [0.4, 0.5) is 0 Å². The van der Waals surface area contributed by atoms with Gasteiger partial charge in [0.25, 0.3) is 0 Å². The molecule has 2 rings (SSSR count). The van der Waals surface area contributed by atoms with Crippen molar-refractivity contribution in [1.29, 1.82) is 0 Å². The van der Waals surface area contributed by atoms with Gasteiger partial charge in [-0.05, 0) is 18.1 Å². The van der Waals surface area contributed by atoms with Crippen molar-refractivity contribution in [3.05, 3.63) is 41.5 Å². The highest BCUT2D eigenvalue weighted by atomic mass is 16.1. The Hall–Kier alpha value is -1.61. The fourth-order valence-electron chi connectivity index (χ4n) is 2.77. The first-order valence-corrected chi connectivity index (χ1v) is 7.00. The van der Waals surface area contributed by atoms with Crippen molar-refractivity contribution in [2.24, 2.45) is 11.7 Å². The number of likely N-dealkylation sites (tertiary alicyclic amines) is 1. The van der Waals surface area contributed by atoms with E-state index in [4.69, 9.17) is 5.73 Å². The van der Waals surface area contributed by atoms with E-state index in [1.54, 1.807) is 4.90 Å². The smallest absolute Gasteiger partial charge is 0.220 e. The third-order valence-electron chi connectivity index (χ3n) is 3.84. The first-order chi connectivity index (χ1) is 9.15. The molecule has 0 atom stereocenters. The number of nitrogens with one attached hydrogen (secondary N) is 1. The monoisotopic (exact) mass is 259 g/mol. The SMILES string of the molecule is C/C(=C\c1ccccc1)C[NH+]1CCC(C(N)=O)CC1. The minimum Gasteiger partial charge on any atom is -0.369 e. The highest BCUT2D eigenvalue weighted by Crippen LogP contribution is 2.09. The van der Waals surface area contributed by atoms with E-state index in [2.05, 4.69) is 37.3 Å². The number of benzene rings is 1. The van der Waals surface area contributed by atoms with Gasteiger partial charge in [0.15, 0.2) is 0 Å². The second-order valence-corrected chi connectivity index (χ2v) is 5.50. The number of carbonyl (C=O) groups excluding carboxylic acids is 1. The number of primary amides is 1. The number of hydrogen-bond donors (Lipinski definition) is 2. The first-order valence-electron chi connectivity index (χ1n) is 7.00. The summed E-state index contributed by atoms with van der Waals surface area (Å²) >= 11 is 0. The van der Waals surface area contributed by atoms with E-state index >= 15 is 0 Å². The van der Waals surface area contributed by atoms with Crippen molar-refractivity contribution in [3.8, 4) is 0 Å². The third kappa shape index (κ3) is 4.21. The highest BCUT2D eigenvalue weighted by Gasteiger charge is 2.25. The predicted molar refractivity (Wildman–Crippen MR) is 77.6 cm³/mol. The number of piperidine rings is 1. The molecule has 1 saturated heterocycles. The summed E-state index contributed by atoms with van der Waals surface area (Å²) in [4.78, 5) is 12.7. The topological polar surface area (TPSA) is 47.5 Å². The first kappa shape index (κ1) is 13.8. The lowest BCUT2D eigenvalue weighted by atomic mass is 9.96. The molecule has 0 bridgehead atoms. The molecule has 3 N–H and O–H groups in total. The molecule has 1 aliphatic heterocycles. The van der Waals surface area contributed by atoms with Gasteiger partial charge in [0.2, 0.25) is 5.91 Å². The van der Waals surface area contributed by atoms with Crippen LogP contribution in [0.5, 0.6) is 0 Å². The average molecular weight is 259 g/mol. The number of amides is 1. The summed E-state index contributed by atoms with van der Waals surface area (Å²) < 4.78 is 0. The number of hydrogen-bond acceptors (Lipinski definition) is 1. The lowest BCUT2D eigenvalue weighted by molar-refractivity contribution is -0.900. The normalized spacial score (nSPS) is 24.2. The Labute approximate surface area is 115 Å². The van der Waals surface area contributed by atoms with Crippen LogP contribution in [0.3, 0.4) is 0 Å². The van der Waals surface area contributed by atoms with Crippen LogP contribution in [-0.4, -0.2) is 25.5 Å². The summed E-state index contributed by atoms with van der Waals surface area (Å²) in [7, 11) is 0. The third-order valence-corrected chi connectivity index (χ3v) is 3.84. The summed E-state index contributed by atoms with van der Waals surface area (Å²) in [5.41, 5.74) is 8.00. The van der Waals surface area contributed by atoms with E-state index in [1.165, 1.54) is 11.1 Å². The fraction of sp³-hybridized carbons (Fsp3) is 0.438. The van der Waals surface area contributed by atoms with E-state index < -0.39 is 0 Å². The zero-order valence-electron chi connectivity index (χ0n) is 11.6. The number of carbonyl (C=O) groups is 1. The highest BCUT2D eigenvalue weighted by molar-refractivity contribution is 5.76. The van der Waals surface area contributed by atoms with Crippen molar-refractivity contribution in [2.45, 2.75) is 19.8 Å². The summed E-state index contributed by atoms with van der Waals surface area (Å²) in [6.45, 7) is 5.34. The van der Waals surface area contributed by atoms with Crippen LogP contribution in [0, 0.1) is 5.92 Å². The second-order valence-electron chi connectivity index (χ2n) is 5.50. The summed E-state index contributed by atoms with van der Waals surface area (Å²) in [5, 5.41) is 0. The minimum absolute atomic E-state index is 0.0992. The van der Waals surface area contributed by atoms with Crippen LogP contribution < -0.4 is 10.6 Å². The molecular formula is C16H23N2O+. The molecule has 0 spiro atoms. The maximum atomic E-state index is 11.1. The van der Waals surface area contributed by atoms with Crippen LogP contribution in [0.15, 0.2) is 35.9 Å². The molecule has 1 aromatic carbocycles. The zero-order chi connectivity index (χ0) is 13.7. The van der Waals surface area contributed by atoms with Gasteiger partial charge in [0.1, 0.15) is 0 Å². The van der Waals surface area contributed by atoms with Gasteiger partial charge in [0, 0.05) is 18.8 Å². The van der Waals surface area contributed by atoms with Crippen LogP contribution in [-0.2, 0) is 4.79 Å². The van der Waals surface area contributed by atoms with Gasteiger partial charge in [-0.25, -0.2) is 0 Å². The molecule has 102 valence electrons.